The number of hydrogen-bond donors (Lipinski definition) is 2. The van der Waals surface area contributed by atoms with Crippen LogP contribution >= 0.6 is 0 Å². The molecule has 18 heavy (non-hydrogen) atoms. The van der Waals surface area contributed by atoms with Gasteiger partial charge in [0.05, 0.1) is 0 Å². The fourth-order valence-electron chi connectivity index (χ4n) is 1.77. The molecule has 0 saturated heterocycles. The zero-order chi connectivity index (χ0) is 13.8. The second kappa shape index (κ2) is 11.2. The van der Waals surface area contributed by atoms with Crippen LogP contribution in [0.5, 0.6) is 0 Å². The summed E-state index contributed by atoms with van der Waals surface area (Å²) in [7, 11) is 0. The molecule has 0 saturated carbocycles. The van der Waals surface area contributed by atoms with Crippen molar-refractivity contribution in [2.24, 2.45) is 5.73 Å². The minimum Gasteiger partial charge on any atom is -0.354 e. The minimum atomic E-state index is -1.00. The third-order valence-electron chi connectivity index (χ3n) is 3.05. The molecule has 0 aliphatic heterocycles. The van der Waals surface area contributed by atoms with E-state index in [0.29, 0.717) is 6.54 Å². The van der Waals surface area contributed by atoms with Gasteiger partial charge in [-0.3, -0.25) is 9.59 Å². The molecule has 1 unspecified atom stereocenters. The summed E-state index contributed by atoms with van der Waals surface area (Å²) in [4.78, 5) is 22.2. The summed E-state index contributed by atoms with van der Waals surface area (Å²) in [6.07, 6.45) is 9.85. The first-order valence-corrected chi connectivity index (χ1v) is 7.13. The highest BCUT2D eigenvalue weighted by molar-refractivity contribution is 6.03. The Bertz CT molecular complexity index is 242. The first-order chi connectivity index (χ1) is 8.59. The lowest BCUT2D eigenvalue weighted by atomic mass is 10.1. The van der Waals surface area contributed by atoms with Crippen molar-refractivity contribution < 1.29 is 9.59 Å². The van der Waals surface area contributed by atoms with Gasteiger partial charge in [-0.15, -0.1) is 0 Å². The number of amides is 1. The zero-order valence-electron chi connectivity index (χ0n) is 11.8. The molecule has 4 nitrogen and oxygen atoms in total. The van der Waals surface area contributed by atoms with Crippen molar-refractivity contribution >= 4 is 11.7 Å². The Balaban J connectivity index is 3.30. The van der Waals surface area contributed by atoms with Crippen LogP contribution in [-0.2, 0) is 9.59 Å². The standard InChI is InChI=1S/C14H28N2O2/c1-3-4-5-6-7-8-9-10-11-16-14(18)13(15)12(2)17/h13H,3-11,15H2,1-2H3,(H,16,18). The summed E-state index contributed by atoms with van der Waals surface area (Å²) in [6, 6.07) is -1.00. The summed E-state index contributed by atoms with van der Waals surface area (Å²) < 4.78 is 0. The van der Waals surface area contributed by atoms with E-state index in [0.717, 1.165) is 12.8 Å². The summed E-state index contributed by atoms with van der Waals surface area (Å²) >= 11 is 0. The predicted molar refractivity (Wildman–Crippen MR) is 74.3 cm³/mol. The van der Waals surface area contributed by atoms with Crippen LogP contribution in [0.3, 0.4) is 0 Å². The van der Waals surface area contributed by atoms with Crippen molar-refractivity contribution in [3.05, 3.63) is 0 Å². The first kappa shape index (κ1) is 17.1. The number of ketones is 1. The van der Waals surface area contributed by atoms with Crippen molar-refractivity contribution in [2.75, 3.05) is 6.54 Å². The average Bonchev–Trinajstić information content (AvgIpc) is 2.35. The third-order valence-corrected chi connectivity index (χ3v) is 3.05. The summed E-state index contributed by atoms with van der Waals surface area (Å²) in [5, 5.41) is 2.69. The Morgan fingerprint density at radius 1 is 1.00 bits per heavy atom. The number of carbonyl (C=O) groups is 2. The lowest BCUT2D eigenvalue weighted by molar-refractivity contribution is -0.129. The highest BCUT2D eigenvalue weighted by Crippen LogP contribution is 2.07. The number of unbranched alkanes of at least 4 members (excludes halogenated alkanes) is 7. The highest BCUT2D eigenvalue weighted by Gasteiger charge is 2.16. The molecule has 0 rings (SSSR count). The highest BCUT2D eigenvalue weighted by atomic mass is 16.2. The van der Waals surface area contributed by atoms with Crippen LogP contribution in [0.15, 0.2) is 0 Å². The fraction of sp³-hybridized carbons (Fsp3) is 0.857. The summed E-state index contributed by atoms with van der Waals surface area (Å²) in [5.74, 6) is -0.645. The van der Waals surface area contributed by atoms with Gasteiger partial charge in [0.25, 0.3) is 0 Å². The number of carbonyl (C=O) groups excluding carboxylic acids is 2. The van der Waals surface area contributed by atoms with E-state index in [4.69, 9.17) is 5.73 Å². The molecule has 0 radical (unpaired) electrons. The third kappa shape index (κ3) is 9.16. The van der Waals surface area contributed by atoms with E-state index in [1.54, 1.807) is 0 Å². The zero-order valence-corrected chi connectivity index (χ0v) is 11.8. The van der Waals surface area contributed by atoms with Crippen LogP contribution in [-0.4, -0.2) is 24.3 Å². The van der Waals surface area contributed by atoms with Crippen LogP contribution in [0.25, 0.3) is 0 Å². The van der Waals surface area contributed by atoms with E-state index in [1.807, 2.05) is 0 Å². The van der Waals surface area contributed by atoms with Gasteiger partial charge in [0, 0.05) is 6.54 Å². The molecule has 4 heteroatoms. The fourth-order valence-corrected chi connectivity index (χ4v) is 1.77. The molecule has 1 atom stereocenters. The summed E-state index contributed by atoms with van der Waals surface area (Å²) in [6.45, 7) is 4.17. The largest absolute Gasteiger partial charge is 0.354 e. The Labute approximate surface area is 111 Å². The maximum atomic E-state index is 11.3. The van der Waals surface area contributed by atoms with E-state index >= 15 is 0 Å². The molecule has 0 aromatic rings. The second-order valence-electron chi connectivity index (χ2n) is 4.85. The molecule has 106 valence electrons. The minimum absolute atomic E-state index is 0.288. The van der Waals surface area contributed by atoms with Crippen LogP contribution in [0.2, 0.25) is 0 Å². The van der Waals surface area contributed by atoms with Gasteiger partial charge in [0.15, 0.2) is 5.78 Å². The van der Waals surface area contributed by atoms with E-state index in [9.17, 15) is 9.59 Å². The van der Waals surface area contributed by atoms with Crippen molar-refractivity contribution in [3.8, 4) is 0 Å². The van der Waals surface area contributed by atoms with Gasteiger partial charge in [-0.1, -0.05) is 51.9 Å². The maximum absolute atomic E-state index is 11.3. The van der Waals surface area contributed by atoms with Crippen molar-refractivity contribution in [2.45, 2.75) is 71.3 Å². The van der Waals surface area contributed by atoms with Crippen LogP contribution in [0.4, 0.5) is 0 Å². The molecule has 0 spiro atoms. The van der Waals surface area contributed by atoms with Crippen molar-refractivity contribution in [1.82, 2.24) is 5.32 Å². The molecule has 0 bridgehead atoms. The maximum Gasteiger partial charge on any atom is 0.244 e. The molecule has 0 aliphatic carbocycles. The van der Waals surface area contributed by atoms with Gasteiger partial charge in [0.2, 0.25) is 5.91 Å². The van der Waals surface area contributed by atoms with Crippen molar-refractivity contribution in [3.63, 3.8) is 0 Å². The molecular weight excluding hydrogens is 228 g/mol. The van der Waals surface area contributed by atoms with Gasteiger partial charge in [-0.2, -0.15) is 0 Å². The van der Waals surface area contributed by atoms with Gasteiger partial charge < -0.3 is 11.1 Å². The van der Waals surface area contributed by atoms with E-state index in [1.165, 1.54) is 45.4 Å². The quantitative estimate of drug-likeness (QED) is 0.439. The molecule has 0 aromatic heterocycles. The normalized spacial score (nSPS) is 12.2. The summed E-state index contributed by atoms with van der Waals surface area (Å²) in [5.41, 5.74) is 5.41. The molecule has 0 heterocycles. The Hall–Kier alpha value is -0.900. The Morgan fingerprint density at radius 3 is 2.00 bits per heavy atom. The molecule has 0 fully saturated rings. The topological polar surface area (TPSA) is 72.2 Å². The van der Waals surface area contributed by atoms with Gasteiger partial charge in [-0.25, -0.2) is 0 Å². The monoisotopic (exact) mass is 256 g/mol. The molecule has 0 aromatic carbocycles. The average molecular weight is 256 g/mol. The van der Waals surface area contributed by atoms with E-state index in [-0.39, 0.29) is 11.7 Å². The number of nitrogens with two attached hydrogens (primary N) is 1. The van der Waals surface area contributed by atoms with Gasteiger partial charge in [0.1, 0.15) is 6.04 Å². The van der Waals surface area contributed by atoms with E-state index in [2.05, 4.69) is 12.2 Å². The van der Waals surface area contributed by atoms with E-state index < -0.39 is 6.04 Å². The number of hydrogen-bond acceptors (Lipinski definition) is 3. The molecule has 1 amide bonds. The second-order valence-corrected chi connectivity index (χ2v) is 4.85. The lowest BCUT2D eigenvalue weighted by Crippen LogP contribution is -2.45. The van der Waals surface area contributed by atoms with Crippen molar-refractivity contribution in [1.29, 1.82) is 0 Å². The van der Waals surface area contributed by atoms with Crippen LogP contribution < -0.4 is 11.1 Å². The molecule has 3 N–H and O–H groups in total. The SMILES string of the molecule is CCCCCCCCCCNC(=O)C(N)C(C)=O. The number of nitrogens with one attached hydrogen (secondary N) is 1. The predicted octanol–water partition coefficient (Wildman–Crippen LogP) is 2.16. The lowest BCUT2D eigenvalue weighted by Gasteiger charge is -2.08. The smallest absolute Gasteiger partial charge is 0.244 e. The first-order valence-electron chi connectivity index (χ1n) is 7.13. The van der Waals surface area contributed by atoms with Crippen LogP contribution in [0.1, 0.15) is 65.2 Å². The number of rotatable bonds is 11. The molecular formula is C14H28N2O2. The van der Waals surface area contributed by atoms with Crippen LogP contribution in [0, 0.1) is 0 Å². The Kier molecular flexibility index (Phi) is 10.6. The number of Topliss-reactive ketones (excluding diaryl/α,β-unsaturated/α-hetero) is 1. The van der Waals surface area contributed by atoms with Gasteiger partial charge in [-0.05, 0) is 13.3 Å². The van der Waals surface area contributed by atoms with Gasteiger partial charge >= 0.3 is 0 Å². The molecule has 0 aliphatic rings. The Morgan fingerprint density at radius 2 is 1.50 bits per heavy atom.